The number of hydrogen-bond acceptors (Lipinski definition) is 6. The fraction of sp³-hybridized carbons (Fsp3) is 0.143. The van der Waals surface area contributed by atoms with Gasteiger partial charge in [-0.05, 0) is 43.3 Å². The number of nitrogens with one attached hydrogen (secondary N) is 1. The summed E-state index contributed by atoms with van der Waals surface area (Å²) in [5.41, 5.74) is 4.06. The summed E-state index contributed by atoms with van der Waals surface area (Å²) < 4.78 is 16.0. The van der Waals surface area contributed by atoms with E-state index in [0.29, 0.717) is 22.8 Å². The number of carbonyl (C=O) groups is 1. The molecule has 3 rings (SSSR count). The number of carbonyl (C=O) groups excluding carboxylic acids is 1. The van der Waals surface area contributed by atoms with Crippen molar-refractivity contribution in [2.24, 2.45) is 5.10 Å². The Bertz CT molecular complexity index is 958. The van der Waals surface area contributed by atoms with Crippen LogP contribution < -0.4 is 14.9 Å². The maximum Gasteiger partial charge on any atom is 0.271 e. The van der Waals surface area contributed by atoms with E-state index in [-0.39, 0.29) is 5.91 Å². The predicted molar refractivity (Wildman–Crippen MR) is 109 cm³/mol. The van der Waals surface area contributed by atoms with Gasteiger partial charge >= 0.3 is 0 Å². The lowest BCUT2D eigenvalue weighted by Crippen LogP contribution is -2.17. The Morgan fingerprint density at radius 3 is 2.36 bits per heavy atom. The molecule has 2 aromatic carbocycles. The maximum atomic E-state index is 12.3. The molecule has 0 aliphatic heterocycles. The molecule has 0 spiro atoms. The van der Waals surface area contributed by atoms with Gasteiger partial charge in [-0.15, -0.1) is 0 Å². The molecule has 0 fully saturated rings. The minimum absolute atomic E-state index is 0.378. The minimum Gasteiger partial charge on any atom is -0.497 e. The van der Waals surface area contributed by atoms with Crippen molar-refractivity contribution in [1.82, 2.24) is 5.43 Å². The highest BCUT2D eigenvalue weighted by molar-refractivity contribution is 7.99. The van der Waals surface area contributed by atoms with Crippen molar-refractivity contribution >= 4 is 23.9 Å². The van der Waals surface area contributed by atoms with Gasteiger partial charge in [0.1, 0.15) is 17.3 Å². The molecule has 0 unspecified atom stereocenters. The largest absolute Gasteiger partial charge is 0.497 e. The second kappa shape index (κ2) is 9.14. The Hall–Kier alpha value is -3.19. The molecule has 0 saturated carbocycles. The smallest absolute Gasteiger partial charge is 0.271 e. The normalized spacial score (nSPS) is 10.8. The average molecular weight is 396 g/mol. The van der Waals surface area contributed by atoms with Crippen LogP contribution in [0.1, 0.15) is 21.7 Å². The summed E-state index contributed by atoms with van der Waals surface area (Å²) in [6, 6.07) is 16.7. The Morgan fingerprint density at radius 1 is 1.04 bits per heavy atom. The molecule has 1 heterocycles. The first-order valence-corrected chi connectivity index (χ1v) is 9.30. The monoisotopic (exact) mass is 396 g/mol. The van der Waals surface area contributed by atoms with Gasteiger partial charge in [-0.1, -0.05) is 29.5 Å². The van der Waals surface area contributed by atoms with Crippen LogP contribution in [0, 0.1) is 6.92 Å². The van der Waals surface area contributed by atoms with E-state index >= 15 is 0 Å². The molecule has 0 aliphatic carbocycles. The van der Waals surface area contributed by atoms with Gasteiger partial charge in [-0.3, -0.25) is 4.79 Å². The van der Waals surface area contributed by atoms with E-state index in [2.05, 4.69) is 22.7 Å². The molecule has 1 aromatic heterocycles. The summed E-state index contributed by atoms with van der Waals surface area (Å²) in [5.74, 6) is 1.21. The highest BCUT2D eigenvalue weighted by Crippen LogP contribution is 2.29. The fourth-order valence-corrected chi connectivity index (χ4v) is 3.12. The van der Waals surface area contributed by atoms with E-state index in [0.717, 1.165) is 9.99 Å². The molecular formula is C21H20N2O4S. The van der Waals surface area contributed by atoms with Gasteiger partial charge in [0, 0.05) is 16.5 Å². The van der Waals surface area contributed by atoms with Gasteiger partial charge in [0.05, 0.1) is 20.4 Å². The van der Waals surface area contributed by atoms with Crippen molar-refractivity contribution in [2.75, 3.05) is 14.2 Å². The molecule has 144 valence electrons. The van der Waals surface area contributed by atoms with Crippen molar-refractivity contribution in [3.05, 3.63) is 71.5 Å². The second-order valence-corrected chi connectivity index (χ2v) is 6.95. The first-order valence-electron chi connectivity index (χ1n) is 8.48. The number of ether oxygens (including phenoxy) is 2. The lowest BCUT2D eigenvalue weighted by atomic mass is 10.2. The SMILES string of the molecule is COc1cc(OC)cc(C(=O)NN=Cc2ccc(Sc3ccc(C)cc3)o2)c1. The summed E-state index contributed by atoms with van der Waals surface area (Å²) in [5, 5.41) is 4.70. The summed E-state index contributed by atoms with van der Waals surface area (Å²) in [7, 11) is 3.05. The van der Waals surface area contributed by atoms with E-state index in [1.807, 2.05) is 25.1 Å². The van der Waals surface area contributed by atoms with Crippen LogP contribution in [0.2, 0.25) is 0 Å². The van der Waals surface area contributed by atoms with Crippen molar-refractivity contribution in [2.45, 2.75) is 16.9 Å². The Balaban J connectivity index is 1.61. The Kier molecular flexibility index (Phi) is 6.39. The highest BCUT2D eigenvalue weighted by Gasteiger charge is 2.09. The number of benzene rings is 2. The first kappa shape index (κ1) is 19.6. The highest BCUT2D eigenvalue weighted by atomic mass is 32.2. The van der Waals surface area contributed by atoms with Crippen molar-refractivity contribution in [1.29, 1.82) is 0 Å². The molecular weight excluding hydrogens is 376 g/mol. The zero-order valence-electron chi connectivity index (χ0n) is 15.8. The number of hydrogen-bond donors (Lipinski definition) is 1. The van der Waals surface area contributed by atoms with Crippen LogP contribution in [0.4, 0.5) is 0 Å². The Morgan fingerprint density at radius 2 is 1.71 bits per heavy atom. The van der Waals surface area contributed by atoms with E-state index < -0.39 is 0 Å². The average Bonchev–Trinajstić information content (AvgIpc) is 3.16. The van der Waals surface area contributed by atoms with Crippen LogP contribution >= 0.6 is 11.8 Å². The van der Waals surface area contributed by atoms with E-state index in [9.17, 15) is 4.79 Å². The summed E-state index contributed by atoms with van der Waals surface area (Å²) in [6.07, 6.45) is 1.45. The molecule has 6 nitrogen and oxygen atoms in total. The molecule has 0 aliphatic rings. The Labute approximate surface area is 167 Å². The van der Waals surface area contributed by atoms with Gasteiger partial charge in [0.15, 0.2) is 5.09 Å². The number of nitrogens with zero attached hydrogens (tertiary/aromatic N) is 1. The molecule has 7 heteroatoms. The first-order chi connectivity index (χ1) is 13.6. The quantitative estimate of drug-likeness (QED) is 0.469. The minimum atomic E-state index is -0.380. The van der Waals surface area contributed by atoms with Gasteiger partial charge in [-0.2, -0.15) is 5.10 Å². The third-order valence-corrected chi connectivity index (χ3v) is 4.74. The predicted octanol–water partition coefficient (Wildman–Crippen LogP) is 4.52. The number of rotatable bonds is 7. The van der Waals surface area contributed by atoms with Crippen molar-refractivity contribution in [3.63, 3.8) is 0 Å². The van der Waals surface area contributed by atoms with Crippen molar-refractivity contribution < 1.29 is 18.7 Å². The van der Waals surface area contributed by atoms with Crippen LogP contribution in [0.15, 0.2) is 74.1 Å². The van der Waals surface area contributed by atoms with Crippen LogP contribution in [0.3, 0.4) is 0 Å². The maximum absolute atomic E-state index is 12.3. The lowest BCUT2D eigenvalue weighted by Gasteiger charge is -2.07. The van der Waals surface area contributed by atoms with E-state index in [4.69, 9.17) is 13.9 Å². The van der Waals surface area contributed by atoms with Crippen LogP contribution in [-0.4, -0.2) is 26.3 Å². The molecule has 0 atom stereocenters. The van der Waals surface area contributed by atoms with E-state index in [1.54, 1.807) is 24.3 Å². The summed E-state index contributed by atoms with van der Waals surface area (Å²) in [6.45, 7) is 2.05. The number of furan rings is 1. The van der Waals surface area contributed by atoms with Gasteiger partial charge in [0.2, 0.25) is 0 Å². The summed E-state index contributed by atoms with van der Waals surface area (Å²) >= 11 is 1.52. The van der Waals surface area contributed by atoms with Crippen LogP contribution in [0.5, 0.6) is 11.5 Å². The topological polar surface area (TPSA) is 73.1 Å². The fourth-order valence-electron chi connectivity index (χ4n) is 2.34. The molecule has 0 bridgehead atoms. The number of hydrazone groups is 1. The molecule has 0 saturated heterocycles. The van der Waals surface area contributed by atoms with Crippen molar-refractivity contribution in [3.8, 4) is 11.5 Å². The zero-order chi connectivity index (χ0) is 19.9. The third-order valence-electron chi connectivity index (χ3n) is 3.81. The number of amides is 1. The van der Waals surface area contributed by atoms with Gasteiger partial charge in [-0.25, -0.2) is 5.43 Å². The molecule has 3 aromatic rings. The van der Waals surface area contributed by atoms with Crippen LogP contribution in [0.25, 0.3) is 0 Å². The number of methoxy groups -OCH3 is 2. The van der Waals surface area contributed by atoms with Gasteiger partial charge < -0.3 is 13.9 Å². The molecule has 1 amide bonds. The zero-order valence-corrected chi connectivity index (χ0v) is 16.6. The lowest BCUT2D eigenvalue weighted by molar-refractivity contribution is 0.0954. The molecule has 1 N–H and O–H groups in total. The standard InChI is InChI=1S/C21H20N2O4S/c1-14-4-7-19(8-5-14)28-20-9-6-16(27-20)13-22-23-21(24)15-10-17(25-2)12-18(11-15)26-3/h4-13H,1-3H3,(H,23,24). The third kappa shape index (κ3) is 5.17. The number of aryl methyl sites for hydroxylation is 1. The van der Waals surface area contributed by atoms with E-state index in [1.165, 1.54) is 37.8 Å². The summed E-state index contributed by atoms with van der Waals surface area (Å²) in [4.78, 5) is 13.4. The van der Waals surface area contributed by atoms with Crippen LogP contribution in [-0.2, 0) is 0 Å². The van der Waals surface area contributed by atoms with Gasteiger partial charge in [0.25, 0.3) is 5.91 Å². The second-order valence-electron chi connectivity index (χ2n) is 5.87. The molecule has 28 heavy (non-hydrogen) atoms. The molecule has 0 radical (unpaired) electrons.